The first kappa shape index (κ1) is 18.8. The van der Waals surface area contributed by atoms with Crippen molar-refractivity contribution in [3.8, 4) is 5.88 Å². The Morgan fingerprint density at radius 1 is 1.07 bits per heavy atom. The number of rotatable bonds is 4. The van der Waals surface area contributed by atoms with E-state index in [-0.39, 0.29) is 6.10 Å². The van der Waals surface area contributed by atoms with Crippen molar-refractivity contribution in [1.29, 1.82) is 0 Å². The number of hydrogen-bond acceptors (Lipinski definition) is 5. The largest absolute Gasteiger partial charge is 0.473 e. The van der Waals surface area contributed by atoms with Gasteiger partial charge in [-0.2, -0.15) is 9.40 Å². The predicted octanol–water partition coefficient (Wildman–Crippen LogP) is 3.48. The number of benzene rings is 2. The van der Waals surface area contributed by atoms with E-state index in [1.165, 1.54) is 0 Å². The zero-order valence-electron chi connectivity index (χ0n) is 16.0. The molecule has 1 aliphatic heterocycles. The van der Waals surface area contributed by atoms with E-state index in [1.54, 1.807) is 16.6 Å². The molecule has 4 rings (SSSR count). The van der Waals surface area contributed by atoms with Crippen molar-refractivity contribution >= 4 is 20.8 Å². The molecule has 0 aliphatic carbocycles. The quantitative estimate of drug-likeness (QED) is 0.674. The highest BCUT2D eigenvalue weighted by Crippen LogP contribution is 2.28. The summed E-state index contributed by atoms with van der Waals surface area (Å²) in [7, 11) is -3.50. The fourth-order valence-corrected chi connectivity index (χ4v) is 5.34. The molecule has 0 spiro atoms. The van der Waals surface area contributed by atoms with Gasteiger partial charge < -0.3 is 4.74 Å². The van der Waals surface area contributed by atoms with Crippen LogP contribution in [0.4, 0.5) is 0 Å². The summed E-state index contributed by atoms with van der Waals surface area (Å²) < 4.78 is 33.8. The first-order valence-corrected chi connectivity index (χ1v) is 10.8. The van der Waals surface area contributed by atoms with Crippen molar-refractivity contribution in [2.24, 2.45) is 0 Å². The van der Waals surface area contributed by atoms with Gasteiger partial charge in [0.2, 0.25) is 15.9 Å². The average Bonchev–Trinajstić information content (AvgIpc) is 2.70. The topological polar surface area (TPSA) is 72.4 Å². The Bertz CT molecular complexity index is 1100. The van der Waals surface area contributed by atoms with Gasteiger partial charge in [-0.05, 0) is 49.9 Å². The fourth-order valence-electron chi connectivity index (χ4n) is 3.56. The third kappa shape index (κ3) is 3.59. The minimum Gasteiger partial charge on any atom is -0.473 e. The molecular weight excluding hydrogens is 374 g/mol. The number of nitrogens with zero attached hydrogens (tertiary/aromatic N) is 3. The molecule has 0 unspecified atom stereocenters. The number of ether oxygens (including phenoxy) is 1. The van der Waals surface area contributed by atoms with Crippen LogP contribution in [0.25, 0.3) is 10.8 Å². The van der Waals surface area contributed by atoms with E-state index >= 15 is 0 Å². The van der Waals surface area contributed by atoms with Crippen LogP contribution in [0, 0.1) is 13.8 Å². The van der Waals surface area contributed by atoms with Gasteiger partial charge in [0.15, 0.2) is 0 Å². The van der Waals surface area contributed by atoms with E-state index in [2.05, 4.69) is 10.2 Å². The Kier molecular flexibility index (Phi) is 5.03. The summed E-state index contributed by atoms with van der Waals surface area (Å²) >= 11 is 0. The third-order valence-electron chi connectivity index (χ3n) is 5.18. The molecule has 3 aromatic rings. The number of piperidine rings is 1. The molecule has 0 saturated carbocycles. The van der Waals surface area contributed by atoms with Crippen LogP contribution in [-0.4, -0.2) is 42.1 Å². The molecule has 1 aliphatic rings. The highest BCUT2D eigenvalue weighted by atomic mass is 32.2. The Labute approximate surface area is 165 Å². The lowest BCUT2D eigenvalue weighted by molar-refractivity contribution is 0.130. The van der Waals surface area contributed by atoms with E-state index in [9.17, 15) is 8.42 Å². The van der Waals surface area contributed by atoms with Crippen molar-refractivity contribution in [2.75, 3.05) is 13.1 Å². The summed E-state index contributed by atoms with van der Waals surface area (Å²) in [5.74, 6) is 0.508. The number of aromatic nitrogens is 2. The molecule has 0 amide bonds. The van der Waals surface area contributed by atoms with Crippen LogP contribution in [-0.2, 0) is 10.0 Å². The first-order valence-electron chi connectivity index (χ1n) is 9.39. The van der Waals surface area contributed by atoms with Crippen molar-refractivity contribution < 1.29 is 13.2 Å². The van der Waals surface area contributed by atoms with Crippen LogP contribution < -0.4 is 4.74 Å². The molecule has 0 N–H and O–H groups in total. The first-order chi connectivity index (χ1) is 13.4. The van der Waals surface area contributed by atoms with Gasteiger partial charge in [-0.15, -0.1) is 5.10 Å². The third-order valence-corrected chi connectivity index (χ3v) is 7.22. The van der Waals surface area contributed by atoms with Gasteiger partial charge in [-0.3, -0.25) is 0 Å². The number of sulfonamides is 1. The molecule has 0 bridgehead atoms. The van der Waals surface area contributed by atoms with E-state index < -0.39 is 10.0 Å². The second-order valence-electron chi connectivity index (χ2n) is 7.23. The summed E-state index contributed by atoms with van der Waals surface area (Å²) in [6.07, 6.45) is 2.87. The zero-order chi connectivity index (χ0) is 19.7. The average molecular weight is 398 g/mol. The van der Waals surface area contributed by atoms with Gasteiger partial charge >= 0.3 is 0 Å². The SMILES string of the molecule is Cc1ccc(C)c(S(=O)(=O)N2CCC(Oc3nncc4ccccc34)CC2)c1. The Morgan fingerprint density at radius 2 is 1.82 bits per heavy atom. The van der Waals surface area contributed by atoms with E-state index in [1.807, 2.05) is 50.2 Å². The van der Waals surface area contributed by atoms with E-state index in [4.69, 9.17) is 4.74 Å². The molecule has 6 nitrogen and oxygen atoms in total. The molecule has 1 saturated heterocycles. The minimum absolute atomic E-state index is 0.0786. The second kappa shape index (κ2) is 7.48. The lowest BCUT2D eigenvalue weighted by Crippen LogP contribution is -2.42. The van der Waals surface area contributed by atoms with Crippen LogP contribution in [0.2, 0.25) is 0 Å². The molecular formula is C21H23N3O3S. The van der Waals surface area contributed by atoms with Crippen LogP contribution in [0.5, 0.6) is 5.88 Å². The van der Waals surface area contributed by atoms with Gasteiger partial charge in [-0.1, -0.05) is 30.3 Å². The second-order valence-corrected chi connectivity index (χ2v) is 9.13. The smallest absolute Gasteiger partial charge is 0.243 e. The van der Waals surface area contributed by atoms with Crippen molar-refractivity contribution in [1.82, 2.24) is 14.5 Å². The maximum absolute atomic E-state index is 13.1. The van der Waals surface area contributed by atoms with Crippen LogP contribution in [0.15, 0.2) is 53.6 Å². The Balaban J connectivity index is 1.48. The highest BCUT2D eigenvalue weighted by molar-refractivity contribution is 7.89. The molecule has 1 fully saturated rings. The van der Waals surface area contributed by atoms with Crippen LogP contribution in [0.3, 0.4) is 0 Å². The zero-order valence-corrected chi connectivity index (χ0v) is 16.8. The maximum atomic E-state index is 13.1. The highest BCUT2D eigenvalue weighted by Gasteiger charge is 2.31. The molecule has 0 atom stereocenters. The maximum Gasteiger partial charge on any atom is 0.243 e. The number of hydrogen-bond donors (Lipinski definition) is 0. The molecule has 146 valence electrons. The molecule has 2 aromatic carbocycles. The van der Waals surface area contributed by atoms with Crippen LogP contribution in [0.1, 0.15) is 24.0 Å². The summed E-state index contributed by atoms with van der Waals surface area (Å²) in [4.78, 5) is 0.395. The summed E-state index contributed by atoms with van der Waals surface area (Å²) in [5.41, 5.74) is 1.71. The summed E-state index contributed by atoms with van der Waals surface area (Å²) in [6.45, 7) is 4.60. The predicted molar refractivity (Wildman–Crippen MR) is 108 cm³/mol. The number of fused-ring (bicyclic) bond motifs is 1. The molecule has 7 heteroatoms. The van der Waals surface area contributed by atoms with Crippen molar-refractivity contribution in [3.63, 3.8) is 0 Å². The van der Waals surface area contributed by atoms with Crippen molar-refractivity contribution in [2.45, 2.75) is 37.7 Å². The normalized spacial score (nSPS) is 16.4. The summed E-state index contributed by atoms with van der Waals surface area (Å²) in [6, 6.07) is 13.4. The van der Waals surface area contributed by atoms with Gasteiger partial charge in [0.1, 0.15) is 6.10 Å². The Morgan fingerprint density at radius 3 is 2.61 bits per heavy atom. The molecule has 28 heavy (non-hydrogen) atoms. The Hall–Kier alpha value is -2.51. The fraction of sp³-hybridized carbons (Fsp3) is 0.333. The lowest BCUT2D eigenvalue weighted by atomic mass is 10.1. The standard InChI is InChI=1S/C21H23N3O3S/c1-15-7-8-16(2)20(13-15)28(25,26)24-11-9-18(10-12-24)27-21-19-6-4-3-5-17(19)14-22-23-21/h3-8,13-14,18H,9-12H2,1-2H3. The molecule has 1 aromatic heterocycles. The van der Waals surface area contributed by atoms with Gasteiger partial charge in [-0.25, -0.2) is 8.42 Å². The summed E-state index contributed by atoms with van der Waals surface area (Å²) in [5, 5.41) is 10.0. The molecule has 2 heterocycles. The van der Waals surface area contributed by atoms with Gasteiger partial charge in [0, 0.05) is 23.9 Å². The van der Waals surface area contributed by atoms with Gasteiger partial charge in [0.05, 0.1) is 11.1 Å². The van der Waals surface area contributed by atoms with Gasteiger partial charge in [0.25, 0.3) is 0 Å². The van der Waals surface area contributed by atoms with E-state index in [0.717, 1.165) is 21.9 Å². The molecule has 0 radical (unpaired) electrons. The van der Waals surface area contributed by atoms with Crippen LogP contribution >= 0.6 is 0 Å². The van der Waals surface area contributed by atoms with E-state index in [0.29, 0.717) is 36.7 Å². The minimum atomic E-state index is -3.50. The van der Waals surface area contributed by atoms with Crippen molar-refractivity contribution in [3.05, 3.63) is 59.8 Å². The lowest BCUT2D eigenvalue weighted by Gasteiger charge is -2.31. The number of aryl methyl sites for hydroxylation is 2. The monoisotopic (exact) mass is 397 g/mol.